The van der Waals surface area contributed by atoms with Gasteiger partial charge >= 0.3 is 0 Å². The average Bonchev–Trinajstić information content (AvgIpc) is 3.20. The summed E-state index contributed by atoms with van der Waals surface area (Å²) < 4.78 is 5.02. The Morgan fingerprint density at radius 1 is 1.40 bits per heavy atom. The number of phenols is 1. The number of phenolic OH excluding ortho intramolecular Hbond substituents is 1. The molecule has 1 saturated carbocycles. The molecule has 108 valence electrons. The molecule has 1 heterocycles. The van der Waals surface area contributed by atoms with Gasteiger partial charge < -0.3 is 15.2 Å². The van der Waals surface area contributed by atoms with Crippen molar-refractivity contribution in [3.8, 4) is 11.5 Å². The first-order chi connectivity index (χ1) is 9.69. The van der Waals surface area contributed by atoms with Crippen LogP contribution in [0.5, 0.6) is 11.5 Å². The van der Waals surface area contributed by atoms with Crippen molar-refractivity contribution in [3.05, 3.63) is 23.8 Å². The monoisotopic (exact) mass is 276 g/mol. The van der Waals surface area contributed by atoms with Crippen molar-refractivity contribution in [2.45, 2.75) is 31.3 Å². The maximum absolute atomic E-state index is 12.2. The van der Waals surface area contributed by atoms with Gasteiger partial charge in [-0.3, -0.25) is 9.69 Å². The van der Waals surface area contributed by atoms with Crippen molar-refractivity contribution < 1.29 is 14.6 Å². The van der Waals surface area contributed by atoms with E-state index in [1.807, 2.05) is 0 Å². The van der Waals surface area contributed by atoms with E-state index in [0.717, 1.165) is 25.6 Å². The van der Waals surface area contributed by atoms with Crippen LogP contribution in [0.3, 0.4) is 0 Å². The van der Waals surface area contributed by atoms with Crippen molar-refractivity contribution in [3.63, 3.8) is 0 Å². The van der Waals surface area contributed by atoms with Crippen LogP contribution < -0.4 is 10.1 Å². The van der Waals surface area contributed by atoms with Crippen LogP contribution in [0.1, 0.15) is 29.6 Å². The van der Waals surface area contributed by atoms with Gasteiger partial charge in [0.1, 0.15) is 0 Å². The first-order valence-electron chi connectivity index (χ1n) is 7.10. The molecule has 1 aromatic carbocycles. The Morgan fingerprint density at radius 3 is 2.90 bits per heavy atom. The number of carbonyl (C=O) groups excluding carboxylic acids is 1. The quantitative estimate of drug-likeness (QED) is 0.872. The molecule has 2 fully saturated rings. The molecule has 2 aliphatic rings. The summed E-state index contributed by atoms with van der Waals surface area (Å²) in [6.45, 7) is 1.97. The molecule has 1 aliphatic carbocycles. The highest BCUT2D eigenvalue weighted by molar-refractivity contribution is 5.97. The van der Waals surface area contributed by atoms with Crippen molar-refractivity contribution in [2.75, 3.05) is 20.2 Å². The van der Waals surface area contributed by atoms with E-state index < -0.39 is 0 Å². The van der Waals surface area contributed by atoms with Gasteiger partial charge in [-0.05, 0) is 31.4 Å². The summed E-state index contributed by atoms with van der Waals surface area (Å²) >= 11 is 0. The first-order valence-corrected chi connectivity index (χ1v) is 7.10. The summed E-state index contributed by atoms with van der Waals surface area (Å²) in [4.78, 5) is 14.7. The highest BCUT2D eigenvalue weighted by Gasteiger charge is 2.35. The number of rotatable bonds is 4. The molecule has 1 saturated heterocycles. The molecule has 5 heteroatoms. The molecule has 1 aromatic rings. The second-order valence-electron chi connectivity index (χ2n) is 5.54. The van der Waals surface area contributed by atoms with Gasteiger partial charge in [-0.2, -0.15) is 0 Å². The SMILES string of the molecule is COc1cccc(C(=O)NC2CCN(C3CC3)C2)c1O. The zero-order chi connectivity index (χ0) is 14.1. The highest BCUT2D eigenvalue weighted by Crippen LogP contribution is 2.31. The molecule has 0 spiro atoms. The number of para-hydroxylation sites is 1. The molecule has 0 aromatic heterocycles. The molecule has 3 rings (SSSR count). The van der Waals surface area contributed by atoms with E-state index in [4.69, 9.17) is 4.74 Å². The smallest absolute Gasteiger partial charge is 0.255 e. The number of amides is 1. The largest absolute Gasteiger partial charge is 0.504 e. The minimum absolute atomic E-state index is 0.0930. The van der Waals surface area contributed by atoms with Gasteiger partial charge in [0.2, 0.25) is 0 Å². The number of methoxy groups -OCH3 is 1. The molecule has 1 aliphatic heterocycles. The molecule has 0 radical (unpaired) electrons. The third-order valence-electron chi connectivity index (χ3n) is 4.08. The van der Waals surface area contributed by atoms with Crippen molar-refractivity contribution in [1.82, 2.24) is 10.2 Å². The van der Waals surface area contributed by atoms with E-state index in [9.17, 15) is 9.90 Å². The number of benzene rings is 1. The van der Waals surface area contributed by atoms with Gasteiger partial charge in [-0.1, -0.05) is 6.07 Å². The molecule has 1 unspecified atom stereocenters. The Balaban J connectivity index is 1.64. The van der Waals surface area contributed by atoms with Crippen LogP contribution >= 0.6 is 0 Å². The fourth-order valence-electron chi connectivity index (χ4n) is 2.81. The van der Waals surface area contributed by atoms with Crippen molar-refractivity contribution in [2.24, 2.45) is 0 Å². The van der Waals surface area contributed by atoms with E-state index in [1.165, 1.54) is 20.0 Å². The Labute approximate surface area is 118 Å². The zero-order valence-corrected chi connectivity index (χ0v) is 11.6. The van der Waals surface area contributed by atoms with Gasteiger partial charge in [0.25, 0.3) is 5.91 Å². The summed E-state index contributed by atoms with van der Waals surface area (Å²) in [5.41, 5.74) is 0.272. The fourth-order valence-corrected chi connectivity index (χ4v) is 2.81. The lowest BCUT2D eigenvalue weighted by Gasteiger charge is -2.16. The molecule has 5 nitrogen and oxygen atoms in total. The summed E-state index contributed by atoms with van der Waals surface area (Å²) in [5.74, 6) is -0.00253. The highest BCUT2D eigenvalue weighted by atomic mass is 16.5. The predicted octanol–water partition coefficient (Wildman–Crippen LogP) is 1.37. The average molecular weight is 276 g/mol. The molecular weight excluding hydrogens is 256 g/mol. The van der Waals surface area contributed by atoms with Crippen LogP contribution in [0, 0.1) is 0 Å². The Kier molecular flexibility index (Phi) is 3.53. The lowest BCUT2D eigenvalue weighted by Crippen LogP contribution is -2.37. The number of carbonyl (C=O) groups is 1. The lowest BCUT2D eigenvalue weighted by atomic mass is 10.1. The topological polar surface area (TPSA) is 61.8 Å². The van der Waals surface area contributed by atoms with E-state index >= 15 is 0 Å². The third kappa shape index (κ3) is 2.58. The van der Waals surface area contributed by atoms with Gasteiger partial charge in [-0.25, -0.2) is 0 Å². The van der Waals surface area contributed by atoms with Crippen LogP contribution in [0.25, 0.3) is 0 Å². The third-order valence-corrected chi connectivity index (χ3v) is 4.08. The number of ether oxygens (including phenoxy) is 1. The molecule has 0 bridgehead atoms. The van der Waals surface area contributed by atoms with Gasteiger partial charge in [0, 0.05) is 25.2 Å². The first kappa shape index (κ1) is 13.2. The zero-order valence-electron chi connectivity index (χ0n) is 11.6. The fraction of sp³-hybridized carbons (Fsp3) is 0.533. The second-order valence-corrected chi connectivity index (χ2v) is 5.54. The van der Waals surface area contributed by atoms with Crippen LogP contribution in [-0.4, -0.2) is 48.2 Å². The molecule has 1 atom stereocenters. The van der Waals surface area contributed by atoms with E-state index in [0.29, 0.717) is 5.75 Å². The Bertz CT molecular complexity index is 514. The predicted molar refractivity (Wildman–Crippen MR) is 75.1 cm³/mol. The van der Waals surface area contributed by atoms with E-state index in [2.05, 4.69) is 10.2 Å². The van der Waals surface area contributed by atoms with Crippen LogP contribution in [0.4, 0.5) is 0 Å². The van der Waals surface area contributed by atoms with Crippen molar-refractivity contribution in [1.29, 1.82) is 0 Å². The number of hydrogen-bond donors (Lipinski definition) is 2. The van der Waals surface area contributed by atoms with Crippen molar-refractivity contribution >= 4 is 5.91 Å². The summed E-state index contributed by atoms with van der Waals surface area (Å²) in [7, 11) is 1.47. The van der Waals surface area contributed by atoms with Crippen LogP contribution in [0.15, 0.2) is 18.2 Å². The van der Waals surface area contributed by atoms with E-state index in [-0.39, 0.29) is 23.3 Å². The van der Waals surface area contributed by atoms with E-state index in [1.54, 1.807) is 18.2 Å². The second kappa shape index (κ2) is 5.32. The normalized spacial score (nSPS) is 22.8. The maximum Gasteiger partial charge on any atom is 0.255 e. The lowest BCUT2D eigenvalue weighted by molar-refractivity contribution is 0.0934. The maximum atomic E-state index is 12.2. The minimum atomic E-state index is -0.232. The summed E-state index contributed by atoms with van der Waals surface area (Å²) in [6.07, 6.45) is 3.56. The Morgan fingerprint density at radius 2 is 2.20 bits per heavy atom. The summed E-state index contributed by atoms with van der Waals surface area (Å²) in [5, 5.41) is 13.0. The van der Waals surface area contributed by atoms with Gasteiger partial charge in [0.15, 0.2) is 11.5 Å². The van der Waals surface area contributed by atoms with Gasteiger partial charge in [-0.15, -0.1) is 0 Å². The summed E-state index contributed by atoms with van der Waals surface area (Å²) in [6, 6.07) is 5.87. The molecule has 2 N–H and O–H groups in total. The molecular formula is C15H20N2O3. The molecule has 1 amide bonds. The number of nitrogens with zero attached hydrogens (tertiary/aromatic N) is 1. The number of aromatic hydroxyl groups is 1. The van der Waals surface area contributed by atoms with Crippen LogP contribution in [0.2, 0.25) is 0 Å². The number of nitrogens with one attached hydrogen (secondary N) is 1. The molecule has 20 heavy (non-hydrogen) atoms. The Hall–Kier alpha value is -1.75. The number of hydrogen-bond acceptors (Lipinski definition) is 4. The van der Waals surface area contributed by atoms with Gasteiger partial charge in [0.05, 0.1) is 12.7 Å². The van der Waals surface area contributed by atoms with Crippen LogP contribution in [-0.2, 0) is 0 Å². The minimum Gasteiger partial charge on any atom is -0.504 e. The number of likely N-dealkylation sites (tertiary alicyclic amines) is 1. The standard InChI is InChI=1S/C15H20N2O3/c1-20-13-4-2-3-12(14(13)18)15(19)16-10-7-8-17(9-10)11-5-6-11/h2-4,10-11,18H,5-9H2,1H3,(H,16,19).